The first-order valence-electron chi connectivity index (χ1n) is 6.93. The number of amides is 2. The third-order valence-corrected chi connectivity index (χ3v) is 3.67. The Hall–Kier alpha value is -1.59. The van der Waals surface area contributed by atoms with Crippen LogP contribution in [-0.4, -0.2) is 49.9 Å². The molecule has 5 heteroatoms. The molecule has 2 rings (SSSR count). The van der Waals surface area contributed by atoms with E-state index in [0.717, 1.165) is 12.8 Å². The highest BCUT2D eigenvalue weighted by Crippen LogP contribution is 2.24. The molecule has 2 N–H and O–H groups in total. The van der Waals surface area contributed by atoms with Crippen LogP contribution in [0.2, 0.25) is 0 Å². The first-order chi connectivity index (χ1) is 9.72. The summed E-state index contributed by atoms with van der Waals surface area (Å²) in [6, 6.07) is 9.74. The SMILES string of the molecule is COCCO[C@@H]1CCN(C(N)=O)[C@H]1Cc1ccccc1. The second kappa shape index (κ2) is 7.26. The lowest BCUT2D eigenvalue weighted by atomic mass is 10.0. The van der Waals surface area contributed by atoms with Crippen LogP contribution in [0.3, 0.4) is 0 Å². The van der Waals surface area contributed by atoms with Crippen molar-refractivity contribution in [1.29, 1.82) is 0 Å². The zero-order valence-corrected chi connectivity index (χ0v) is 11.8. The average Bonchev–Trinajstić information content (AvgIpc) is 2.84. The first kappa shape index (κ1) is 14.8. The number of ether oxygens (including phenoxy) is 2. The number of urea groups is 1. The van der Waals surface area contributed by atoms with Gasteiger partial charge in [0.15, 0.2) is 0 Å². The molecule has 1 aliphatic heterocycles. The molecule has 0 spiro atoms. The number of likely N-dealkylation sites (tertiary alicyclic amines) is 1. The van der Waals surface area contributed by atoms with Crippen molar-refractivity contribution in [3.05, 3.63) is 35.9 Å². The van der Waals surface area contributed by atoms with Crippen molar-refractivity contribution in [3.8, 4) is 0 Å². The summed E-state index contributed by atoms with van der Waals surface area (Å²) in [5.41, 5.74) is 6.65. The lowest BCUT2D eigenvalue weighted by Crippen LogP contribution is -2.44. The van der Waals surface area contributed by atoms with E-state index in [0.29, 0.717) is 19.8 Å². The van der Waals surface area contributed by atoms with E-state index in [1.165, 1.54) is 5.56 Å². The van der Waals surface area contributed by atoms with Gasteiger partial charge in [-0.15, -0.1) is 0 Å². The normalized spacial score (nSPS) is 22.1. The lowest BCUT2D eigenvalue weighted by molar-refractivity contribution is 0.00367. The summed E-state index contributed by atoms with van der Waals surface area (Å²) < 4.78 is 10.8. The van der Waals surface area contributed by atoms with Crippen molar-refractivity contribution >= 4 is 6.03 Å². The summed E-state index contributed by atoms with van der Waals surface area (Å²) in [6.07, 6.45) is 1.61. The molecular weight excluding hydrogens is 256 g/mol. The van der Waals surface area contributed by atoms with Gasteiger partial charge < -0.3 is 20.1 Å². The fraction of sp³-hybridized carbons (Fsp3) is 0.533. The second-order valence-electron chi connectivity index (χ2n) is 4.98. The van der Waals surface area contributed by atoms with Gasteiger partial charge in [-0.25, -0.2) is 4.79 Å². The molecule has 0 radical (unpaired) electrons. The Balaban J connectivity index is 2.02. The minimum atomic E-state index is -0.372. The number of benzene rings is 1. The van der Waals surface area contributed by atoms with E-state index in [9.17, 15) is 4.79 Å². The van der Waals surface area contributed by atoms with E-state index in [-0.39, 0.29) is 18.2 Å². The van der Waals surface area contributed by atoms with Crippen LogP contribution in [-0.2, 0) is 15.9 Å². The second-order valence-corrected chi connectivity index (χ2v) is 4.98. The third-order valence-electron chi connectivity index (χ3n) is 3.67. The first-order valence-corrected chi connectivity index (χ1v) is 6.93. The summed E-state index contributed by atoms with van der Waals surface area (Å²) in [6.45, 7) is 1.76. The van der Waals surface area contributed by atoms with Crippen molar-refractivity contribution in [2.75, 3.05) is 26.9 Å². The third kappa shape index (κ3) is 3.71. The van der Waals surface area contributed by atoms with Gasteiger partial charge in [0.25, 0.3) is 0 Å². The van der Waals surface area contributed by atoms with Crippen LogP contribution in [0.4, 0.5) is 4.79 Å². The molecule has 2 amide bonds. The van der Waals surface area contributed by atoms with Crippen LogP contribution >= 0.6 is 0 Å². The van der Waals surface area contributed by atoms with Gasteiger partial charge in [-0.3, -0.25) is 0 Å². The van der Waals surface area contributed by atoms with Gasteiger partial charge in [0.1, 0.15) is 0 Å². The van der Waals surface area contributed by atoms with Crippen LogP contribution in [0.5, 0.6) is 0 Å². The van der Waals surface area contributed by atoms with Crippen LogP contribution in [0.15, 0.2) is 30.3 Å². The maximum Gasteiger partial charge on any atom is 0.315 e. The average molecular weight is 278 g/mol. The molecule has 1 saturated heterocycles. The van der Waals surface area contributed by atoms with E-state index in [1.807, 2.05) is 18.2 Å². The quantitative estimate of drug-likeness (QED) is 0.800. The van der Waals surface area contributed by atoms with Crippen molar-refractivity contribution in [1.82, 2.24) is 4.90 Å². The van der Waals surface area contributed by atoms with Crippen molar-refractivity contribution in [3.63, 3.8) is 0 Å². The number of methoxy groups -OCH3 is 1. The molecule has 2 atom stereocenters. The largest absolute Gasteiger partial charge is 0.382 e. The molecule has 1 heterocycles. The van der Waals surface area contributed by atoms with Gasteiger partial charge in [0.05, 0.1) is 25.4 Å². The highest BCUT2D eigenvalue weighted by atomic mass is 16.5. The molecule has 20 heavy (non-hydrogen) atoms. The fourth-order valence-corrected chi connectivity index (χ4v) is 2.67. The molecule has 1 aromatic rings. The molecule has 0 aromatic heterocycles. The molecule has 1 aromatic carbocycles. The van der Waals surface area contributed by atoms with Gasteiger partial charge in [-0.2, -0.15) is 0 Å². The van der Waals surface area contributed by atoms with Crippen LogP contribution in [0.1, 0.15) is 12.0 Å². The number of rotatable bonds is 6. The smallest absolute Gasteiger partial charge is 0.315 e. The molecule has 0 unspecified atom stereocenters. The topological polar surface area (TPSA) is 64.8 Å². The maximum absolute atomic E-state index is 11.5. The Morgan fingerprint density at radius 2 is 2.10 bits per heavy atom. The Kier molecular flexibility index (Phi) is 5.38. The number of carbonyl (C=O) groups is 1. The lowest BCUT2D eigenvalue weighted by Gasteiger charge is -2.27. The minimum Gasteiger partial charge on any atom is -0.382 e. The zero-order chi connectivity index (χ0) is 14.4. The molecule has 1 aliphatic rings. The fourth-order valence-electron chi connectivity index (χ4n) is 2.67. The van der Waals surface area contributed by atoms with Crippen molar-refractivity contribution < 1.29 is 14.3 Å². The minimum absolute atomic E-state index is 0.00626. The van der Waals surface area contributed by atoms with Crippen molar-refractivity contribution in [2.45, 2.75) is 25.0 Å². The number of primary amides is 1. The van der Waals surface area contributed by atoms with Gasteiger partial charge in [-0.1, -0.05) is 30.3 Å². The predicted octanol–water partition coefficient (Wildman–Crippen LogP) is 1.41. The van der Waals surface area contributed by atoms with E-state index in [4.69, 9.17) is 15.2 Å². The molecular formula is C15H22N2O3. The number of nitrogens with two attached hydrogens (primary N) is 1. The van der Waals surface area contributed by atoms with E-state index >= 15 is 0 Å². The maximum atomic E-state index is 11.5. The van der Waals surface area contributed by atoms with Crippen LogP contribution < -0.4 is 5.73 Å². The molecule has 0 aliphatic carbocycles. The van der Waals surface area contributed by atoms with Gasteiger partial charge in [-0.05, 0) is 18.4 Å². The Bertz CT molecular complexity index is 424. The van der Waals surface area contributed by atoms with Crippen LogP contribution in [0, 0.1) is 0 Å². The molecule has 5 nitrogen and oxygen atoms in total. The number of carbonyl (C=O) groups excluding carboxylic acids is 1. The van der Waals surface area contributed by atoms with E-state index in [1.54, 1.807) is 12.0 Å². The Morgan fingerprint density at radius 3 is 2.75 bits per heavy atom. The van der Waals surface area contributed by atoms with E-state index in [2.05, 4.69) is 12.1 Å². The summed E-state index contributed by atoms with van der Waals surface area (Å²) in [7, 11) is 1.65. The standard InChI is InChI=1S/C15H22N2O3/c1-19-9-10-20-14-7-8-17(15(16)18)13(14)11-12-5-3-2-4-6-12/h2-6,13-14H,7-11H2,1H3,(H2,16,18)/t13-,14+/m0/s1. The van der Waals surface area contributed by atoms with Gasteiger partial charge in [0, 0.05) is 13.7 Å². The highest BCUT2D eigenvalue weighted by Gasteiger charge is 2.36. The van der Waals surface area contributed by atoms with Gasteiger partial charge in [0.2, 0.25) is 0 Å². The summed E-state index contributed by atoms with van der Waals surface area (Å²) >= 11 is 0. The summed E-state index contributed by atoms with van der Waals surface area (Å²) in [4.78, 5) is 13.3. The van der Waals surface area contributed by atoms with Crippen LogP contribution in [0.25, 0.3) is 0 Å². The number of nitrogens with zero attached hydrogens (tertiary/aromatic N) is 1. The highest BCUT2D eigenvalue weighted by molar-refractivity contribution is 5.73. The Labute approximate surface area is 119 Å². The predicted molar refractivity (Wildman–Crippen MR) is 76.5 cm³/mol. The van der Waals surface area contributed by atoms with Gasteiger partial charge >= 0.3 is 6.03 Å². The summed E-state index contributed by atoms with van der Waals surface area (Å²) in [5.74, 6) is 0. The molecule has 1 fully saturated rings. The van der Waals surface area contributed by atoms with E-state index < -0.39 is 0 Å². The summed E-state index contributed by atoms with van der Waals surface area (Å²) in [5, 5.41) is 0. The number of hydrogen-bond donors (Lipinski definition) is 1. The number of hydrogen-bond acceptors (Lipinski definition) is 3. The van der Waals surface area contributed by atoms with Crippen molar-refractivity contribution in [2.24, 2.45) is 5.73 Å². The molecule has 110 valence electrons. The zero-order valence-electron chi connectivity index (χ0n) is 11.8. The monoisotopic (exact) mass is 278 g/mol. The Morgan fingerprint density at radius 1 is 1.35 bits per heavy atom. The molecule has 0 bridgehead atoms. The molecule has 0 saturated carbocycles.